The molecule has 0 bridgehead atoms. The fraction of sp³-hybridized carbons (Fsp3) is 0.556. The first-order valence-electron chi connectivity index (χ1n) is 8.18. The lowest BCUT2D eigenvalue weighted by Crippen LogP contribution is -2.52. The molecular formula is C18H29N3O2. The van der Waals surface area contributed by atoms with Crippen molar-refractivity contribution >= 4 is 17.5 Å². The van der Waals surface area contributed by atoms with Crippen LogP contribution in [0.2, 0.25) is 0 Å². The Balaban J connectivity index is 2.79. The molecule has 0 aliphatic rings. The molecule has 2 amide bonds. The van der Waals surface area contributed by atoms with Crippen LogP contribution < -0.4 is 16.0 Å². The van der Waals surface area contributed by atoms with Gasteiger partial charge in [-0.15, -0.1) is 0 Å². The van der Waals surface area contributed by atoms with E-state index < -0.39 is 6.04 Å². The van der Waals surface area contributed by atoms with Crippen molar-refractivity contribution in [3.05, 3.63) is 30.3 Å². The number of para-hydroxylation sites is 1. The van der Waals surface area contributed by atoms with Gasteiger partial charge < -0.3 is 16.0 Å². The second-order valence-electron chi connectivity index (χ2n) is 6.56. The molecule has 5 heteroatoms. The third kappa shape index (κ3) is 6.40. The van der Waals surface area contributed by atoms with E-state index in [2.05, 4.69) is 16.0 Å². The highest BCUT2D eigenvalue weighted by Crippen LogP contribution is 2.11. The molecule has 0 fully saturated rings. The molecule has 0 radical (unpaired) electrons. The summed E-state index contributed by atoms with van der Waals surface area (Å²) in [7, 11) is 1.76. The summed E-state index contributed by atoms with van der Waals surface area (Å²) in [6.45, 7) is 8.02. The second-order valence-corrected chi connectivity index (χ2v) is 6.56. The maximum Gasteiger partial charge on any atom is 0.246 e. The lowest BCUT2D eigenvalue weighted by molar-refractivity contribution is -0.128. The van der Waals surface area contributed by atoms with Crippen LogP contribution in [-0.2, 0) is 9.59 Å². The van der Waals surface area contributed by atoms with Gasteiger partial charge in [0.1, 0.15) is 6.04 Å². The Bertz CT molecular complexity index is 500. The lowest BCUT2D eigenvalue weighted by Gasteiger charge is -2.25. The zero-order valence-electron chi connectivity index (χ0n) is 14.7. The topological polar surface area (TPSA) is 70.2 Å². The van der Waals surface area contributed by atoms with E-state index in [-0.39, 0.29) is 23.8 Å². The molecule has 0 saturated carbocycles. The molecule has 0 aromatic heterocycles. The van der Waals surface area contributed by atoms with Crippen LogP contribution in [0.15, 0.2) is 30.3 Å². The Morgan fingerprint density at radius 1 is 1.00 bits per heavy atom. The zero-order valence-corrected chi connectivity index (χ0v) is 14.7. The van der Waals surface area contributed by atoms with Crippen LogP contribution in [0.3, 0.4) is 0 Å². The van der Waals surface area contributed by atoms with Crippen molar-refractivity contribution < 1.29 is 9.59 Å². The Kier molecular flexibility index (Phi) is 7.75. The summed E-state index contributed by atoms with van der Waals surface area (Å²) in [4.78, 5) is 24.9. The van der Waals surface area contributed by atoms with Crippen LogP contribution in [-0.4, -0.2) is 30.9 Å². The monoisotopic (exact) mass is 325 g/mol. The summed E-state index contributed by atoms with van der Waals surface area (Å²) in [6.07, 6.45) is 0.596. The normalized spacial score (nSPS) is 13.7. The van der Waals surface area contributed by atoms with Crippen LogP contribution >= 0.6 is 0 Å². The van der Waals surface area contributed by atoms with Crippen molar-refractivity contribution in [2.24, 2.45) is 11.8 Å². The van der Waals surface area contributed by atoms with Crippen LogP contribution in [0, 0.1) is 11.8 Å². The number of hydrogen-bond donors (Lipinski definition) is 3. The number of carbonyl (C=O) groups excluding carboxylic acids is 2. The second kappa shape index (κ2) is 9.30. The summed E-state index contributed by atoms with van der Waals surface area (Å²) in [5, 5.41) is 8.76. The summed E-state index contributed by atoms with van der Waals surface area (Å²) in [5.41, 5.74) is 0.731. The summed E-state index contributed by atoms with van der Waals surface area (Å²) >= 11 is 0. The number of anilines is 1. The van der Waals surface area contributed by atoms with Crippen molar-refractivity contribution in [3.8, 4) is 0 Å². The Hall–Kier alpha value is -1.88. The summed E-state index contributed by atoms with van der Waals surface area (Å²) in [6, 6.07) is 8.42. The molecular weight excluding hydrogens is 296 g/mol. The molecule has 0 unspecified atom stereocenters. The molecule has 1 rings (SSSR count). The van der Waals surface area contributed by atoms with Gasteiger partial charge in [0.15, 0.2) is 0 Å². The molecule has 0 aliphatic heterocycles. The van der Waals surface area contributed by atoms with E-state index >= 15 is 0 Å². The number of amides is 2. The van der Waals surface area contributed by atoms with E-state index in [1.54, 1.807) is 7.05 Å². The van der Waals surface area contributed by atoms with Crippen molar-refractivity contribution in [2.45, 2.75) is 46.2 Å². The Morgan fingerprint density at radius 3 is 2.09 bits per heavy atom. The maximum absolute atomic E-state index is 12.5. The van der Waals surface area contributed by atoms with Crippen LogP contribution in [0.1, 0.15) is 34.1 Å². The molecule has 0 spiro atoms. The number of likely N-dealkylation sites (N-methyl/N-ethyl adjacent to an activating group) is 1. The first kappa shape index (κ1) is 19.2. The molecule has 2 atom stereocenters. The molecule has 0 saturated heterocycles. The van der Waals surface area contributed by atoms with E-state index in [0.717, 1.165) is 5.69 Å². The van der Waals surface area contributed by atoms with Crippen LogP contribution in [0.4, 0.5) is 5.69 Å². The smallest absolute Gasteiger partial charge is 0.246 e. The molecule has 3 N–H and O–H groups in total. The zero-order chi connectivity index (χ0) is 17.4. The summed E-state index contributed by atoms with van der Waals surface area (Å²) < 4.78 is 0. The predicted octanol–water partition coefficient (Wildman–Crippen LogP) is 2.40. The van der Waals surface area contributed by atoms with Crippen molar-refractivity contribution in [2.75, 3.05) is 12.4 Å². The molecule has 128 valence electrons. The van der Waals surface area contributed by atoms with Crippen molar-refractivity contribution in [1.29, 1.82) is 0 Å². The molecule has 0 aliphatic carbocycles. The highest BCUT2D eigenvalue weighted by molar-refractivity contribution is 5.97. The van der Waals surface area contributed by atoms with Crippen LogP contribution in [0.25, 0.3) is 0 Å². The Labute approximate surface area is 139 Å². The fourth-order valence-corrected chi connectivity index (χ4v) is 2.48. The van der Waals surface area contributed by atoms with E-state index in [1.165, 1.54) is 0 Å². The van der Waals surface area contributed by atoms with Gasteiger partial charge in [-0.05, 0) is 37.4 Å². The van der Waals surface area contributed by atoms with E-state index in [4.69, 9.17) is 0 Å². The minimum absolute atomic E-state index is 0.142. The van der Waals surface area contributed by atoms with Gasteiger partial charge >= 0.3 is 0 Å². The highest BCUT2D eigenvalue weighted by atomic mass is 16.2. The van der Waals surface area contributed by atoms with Gasteiger partial charge in [0.25, 0.3) is 0 Å². The van der Waals surface area contributed by atoms with Gasteiger partial charge in [-0.3, -0.25) is 9.59 Å². The third-order valence-corrected chi connectivity index (χ3v) is 3.64. The van der Waals surface area contributed by atoms with Gasteiger partial charge in [-0.2, -0.15) is 0 Å². The quantitative estimate of drug-likeness (QED) is 0.508. The minimum Gasteiger partial charge on any atom is -0.343 e. The Morgan fingerprint density at radius 2 is 1.61 bits per heavy atom. The van der Waals surface area contributed by atoms with E-state index in [1.807, 2.05) is 58.0 Å². The third-order valence-electron chi connectivity index (χ3n) is 3.64. The van der Waals surface area contributed by atoms with Gasteiger partial charge in [-0.1, -0.05) is 45.9 Å². The standard InChI is InChI=1S/C18H29N3O2/c1-12(2)11-15(21-18(23)16(19-5)13(3)4)17(22)20-14-9-7-6-8-10-14/h6-10,12-13,15-16,19H,11H2,1-5H3,(H,20,22)(H,21,23)/t15-,16+/m0/s1/i3+1,4+1,13+1,16+1,18+1,19+1. The SMILES string of the molecule is C[15NH][13C@@H]([13C](=O)N[C@@H](CC(C)C)C(=O)Nc1ccccc1)[13CH]([13CH3])[13CH3]. The van der Waals surface area contributed by atoms with Crippen molar-refractivity contribution in [3.63, 3.8) is 0 Å². The largest absolute Gasteiger partial charge is 0.343 e. The van der Waals surface area contributed by atoms with E-state index in [9.17, 15) is 9.59 Å². The molecule has 23 heavy (non-hydrogen) atoms. The molecule has 0 heterocycles. The van der Waals surface area contributed by atoms with Gasteiger partial charge in [0.05, 0.1) is 6.04 Å². The predicted molar refractivity (Wildman–Crippen MR) is 94.1 cm³/mol. The van der Waals surface area contributed by atoms with Gasteiger partial charge in [0, 0.05) is 5.69 Å². The number of carbonyl (C=O) groups is 2. The highest BCUT2D eigenvalue weighted by Gasteiger charge is 2.27. The first-order chi connectivity index (χ1) is 10.8. The van der Waals surface area contributed by atoms with Crippen molar-refractivity contribution in [1.82, 2.24) is 10.6 Å². The molecule has 5 nitrogen and oxygen atoms in total. The number of hydrogen-bond acceptors (Lipinski definition) is 3. The first-order valence-corrected chi connectivity index (χ1v) is 8.18. The molecule has 1 aromatic carbocycles. The number of nitrogens with one attached hydrogen (secondary N) is 3. The van der Waals surface area contributed by atoms with Gasteiger partial charge in [-0.25, -0.2) is 0 Å². The lowest BCUT2D eigenvalue weighted by atomic mass is 10.0. The van der Waals surface area contributed by atoms with Crippen LogP contribution in [0.5, 0.6) is 0 Å². The average Bonchev–Trinajstić information content (AvgIpc) is 2.47. The fourth-order valence-electron chi connectivity index (χ4n) is 2.48. The number of rotatable bonds is 8. The maximum atomic E-state index is 12.5. The molecule has 1 aromatic rings. The minimum atomic E-state index is -0.544. The average molecular weight is 325 g/mol. The van der Waals surface area contributed by atoms with E-state index in [0.29, 0.717) is 12.3 Å². The van der Waals surface area contributed by atoms with Gasteiger partial charge in [0.2, 0.25) is 11.8 Å². The summed E-state index contributed by atoms with van der Waals surface area (Å²) in [5.74, 6) is 0.124. The number of benzene rings is 1.